The maximum Gasteiger partial charge on any atom is 0.423 e. The molecule has 4 aromatic carbocycles. The van der Waals surface area contributed by atoms with E-state index in [1.54, 1.807) is 0 Å². The van der Waals surface area contributed by atoms with Gasteiger partial charge in [-0.15, -0.1) is 0 Å². The Morgan fingerprint density at radius 3 is 1.18 bits per heavy atom. The standard InChI is InChI=1S/C38H34Cl2F6N4O10/c1-47(2)33(19-31(21-5-9-23(39)10-6-21)57-25-13-15-29(49(53)54)27(17-25)37(41,42)43)59-35(51)36(52)60-34(48(3)4)20-32(22-7-11-24(40)12-8-22)58-26-14-16-30(50(55)56)28(18-26)38(44,45)46/h5-18,31-34H,19-20H2,1-4H3. The van der Waals surface area contributed by atoms with Crippen LogP contribution in [0.2, 0.25) is 10.0 Å². The van der Waals surface area contributed by atoms with Crippen molar-refractivity contribution in [1.82, 2.24) is 9.80 Å². The lowest BCUT2D eigenvalue weighted by molar-refractivity contribution is -0.388. The summed E-state index contributed by atoms with van der Waals surface area (Å²) in [6.07, 6.45) is -15.9. The fourth-order valence-corrected chi connectivity index (χ4v) is 5.83. The van der Waals surface area contributed by atoms with Crippen LogP contribution < -0.4 is 9.47 Å². The van der Waals surface area contributed by atoms with Gasteiger partial charge in [-0.05, 0) is 87.8 Å². The number of nitrogens with zero attached hydrogens (tertiary/aromatic N) is 4. The predicted octanol–water partition coefficient (Wildman–Crippen LogP) is 9.43. The molecule has 0 spiro atoms. The summed E-state index contributed by atoms with van der Waals surface area (Å²) in [5.41, 5.74) is -4.91. The molecular weight excluding hydrogens is 857 g/mol. The minimum absolute atomic E-state index is 0.295. The van der Waals surface area contributed by atoms with Crippen molar-refractivity contribution < 1.29 is 64.7 Å². The number of nitro benzene ring substituents is 2. The second-order valence-corrected chi connectivity index (χ2v) is 14.2. The van der Waals surface area contributed by atoms with Gasteiger partial charge in [-0.2, -0.15) is 26.3 Å². The smallest absolute Gasteiger partial charge is 0.423 e. The molecule has 0 bridgehead atoms. The van der Waals surface area contributed by atoms with Crippen molar-refractivity contribution in [2.45, 2.75) is 49.9 Å². The van der Waals surface area contributed by atoms with E-state index in [9.17, 15) is 56.2 Å². The molecule has 0 amide bonds. The largest absolute Gasteiger partial charge is 0.486 e. The van der Waals surface area contributed by atoms with Gasteiger partial charge in [0.15, 0.2) is 12.5 Å². The Kier molecular flexibility index (Phi) is 15.3. The third kappa shape index (κ3) is 12.7. The van der Waals surface area contributed by atoms with Crippen LogP contribution in [0.15, 0.2) is 84.9 Å². The summed E-state index contributed by atoms with van der Waals surface area (Å²) in [6, 6.07) is 15.8. The Morgan fingerprint density at radius 1 is 0.600 bits per heavy atom. The van der Waals surface area contributed by atoms with E-state index in [1.807, 2.05) is 0 Å². The zero-order valence-electron chi connectivity index (χ0n) is 31.7. The van der Waals surface area contributed by atoms with Gasteiger partial charge in [-0.1, -0.05) is 47.5 Å². The quantitative estimate of drug-likeness (QED) is 0.0262. The average Bonchev–Trinajstić information content (AvgIpc) is 3.16. The van der Waals surface area contributed by atoms with Crippen molar-refractivity contribution in [3.05, 3.63) is 137 Å². The SMILES string of the molecule is CN(C)C(CC(Oc1ccc([N+](=O)[O-])c(C(F)(F)F)c1)c1ccc(Cl)cc1)OC(=O)C(=O)OC(CC(Oc1ccc([N+](=O)[O-])c(C(F)(F)F)c1)c1ccc(Cl)cc1)N(C)C. The number of rotatable bonds is 16. The molecule has 0 heterocycles. The highest BCUT2D eigenvalue weighted by Gasteiger charge is 2.40. The summed E-state index contributed by atoms with van der Waals surface area (Å²) in [4.78, 5) is 49.5. The molecule has 22 heteroatoms. The molecule has 0 radical (unpaired) electrons. The van der Waals surface area contributed by atoms with Crippen LogP contribution in [0.25, 0.3) is 0 Å². The van der Waals surface area contributed by atoms with Gasteiger partial charge in [-0.3, -0.25) is 30.0 Å². The van der Waals surface area contributed by atoms with Crippen LogP contribution in [0, 0.1) is 20.2 Å². The molecule has 0 aliphatic rings. The Morgan fingerprint density at radius 2 is 0.917 bits per heavy atom. The van der Waals surface area contributed by atoms with Crippen LogP contribution in [0.3, 0.4) is 0 Å². The molecule has 322 valence electrons. The molecule has 0 aromatic heterocycles. The van der Waals surface area contributed by atoms with Crippen molar-refractivity contribution in [3.63, 3.8) is 0 Å². The highest BCUT2D eigenvalue weighted by atomic mass is 35.5. The molecule has 4 aromatic rings. The second-order valence-electron chi connectivity index (χ2n) is 13.3. The molecule has 0 aliphatic heterocycles. The number of nitro groups is 2. The van der Waals surface area contributed by atoms with E-state index < -0.39 is 92.8 Å². The summed E-state index contributed by atoms with van der Waals surface area (Å²) in [6.45, 7) is 0. The van der Waals surface area contributed by atoms with Crippen molar-refractivity contribution in [3.8, 4) is 11.5 Å². The summed E-state index contributed by atoms with van der Waals surface area (Å²) in [5, 5.41) is 23.2. The number of halogens is 8. The van der Waals surface area contributed by atoms with Crippen LogP contribution >= 0.6 is 23.2 Å². The monoisotopic (exact) mass is 890 g/mol. The van der Waals surface area contributed by atoms with Gasteiger partial charge in [0.1, 0.15) is 34.8 Å². The van der Waals surface area contributed by atoms with Crippen molar-refractivity contribution in [2.75, 3.05) is 28.2 Å². The van der Waals surface area contributed by atoms with Gasteiger partial charge in [0, 0.05) is 35.0 Å². The fourth-order valence-electron chi connectivity index (χ4n) is 5.58. The fraction of sp³-hybridized carbons (Fsp3) is 0.316. The van der Waals surface area contributed by atoms with Gasteiger partial charge in [-0.25, -0.2) is 9.59 Å². The Balaban J connectivity index is 1.58. The zero-order chi connectivity index (χ0) is 44.7. The van der Waals surface area contributed by atoms with E-state index in [0.29, 0.717) is 45.4 Å². The van der Waals surface area contributed by atoms with Crippen molar-refractivity contribution in [2.24, 2.45) is 0 Å². The summed E-state index contributed by atoms with van der Waals surface area (Å²) in [5.74, 6) is -3.91. The number of benzene rings is 4. The van der Waals surface area contributed by atoms with Crippen LogP contribution in [0.5, 0.6) is 11.5 Å². The summed E-state index contributed by atoms with van der Waals surface area (Å²) in [7, 11) is 5.81. The van der Waals surface area contributed by atoms with Gasteiger partial charge in [0.2, 0.25) is 0 Å². The molecule has 0 saturated heterocycles. The van der Waals surface area contributed by atoms with Gasteiger partial charge >= 0.3 is 24.3 Å². The van der Waals surface area contributed by atoms with E-state index in [2.05, 4.69) is 0 Å². The zero-order valence-corrected chi connectivity index (χ0v) is 33.2. The molecule has 14 nitrogen and oxygen atoms in total. The maximum atomic E-state index is 13.8. The molecule has 0 aliphatic carbocycles. The van der Waals surface area contributed by atoms with Crippen LogP contribution in [0.1, 0.15) is 47.3 Å². The second kappa shape index (κ2) is 19.6. The van der Waals surface area contributed by atoms with Gasteiger partial charge < -0.3 is 18.9 Å². The molecule has 4 rings (SSSR count). The topological polar surface area (TPSA) is 164 Å². The lowest BCUT2D eigenvalue weighted by atomic mass is 10.0. The molecule has 0 N–H and O–H groups in total. The molecular formula is C38H34Cl2F6N4O10. The molecule has 0 saturated carbocycles. The number of carbonyl (C=O) groups excluding carboxylic acids is 2. The lowest BCUT2D eigenvalue weighted by Crippen LogP contribution is -2.41. The molecule has 0 fully saturated rings. The van der Waals surface area contributed by atoms with Gasteiger partial charge in [0.25, 0.3) is 11.4 Å². The average molecular weight is 892 g/mol. The van der Waals surface area contributed by atoms with E-state index in [1.165, 1.54) is 86.5 Å². The number of carbonyl (C=O) groups is 2. The number of esters is 2. The van der Waals surface area contributed by atoms with E-state index >= 15 is 0 Å². The third-order valence-corrected chi connectivity index (χ3v) is 9.12. The van der Waals surface area contributed by atoms with E-state index in [4.69, 9.17) is 42.1 Å². The van der Waals surface area contributed by atoms with Crippen molar-refractivity contribution >= 4 is 46.5 Å². The van der Waals surface area contributed by atoms with Crippen molar-refractivity contribution in [1.29, 1.82) is 0 Å². The Bertz CT molecular complexity index is 2020. The normalized spacial score (nSPS) is 13.9. The van der Waals surface area contributed by atoms with Gasteiger partial charge in [0.05, 0.1) is 9.85 Å². The van der Waals surface area contributed by atoms with Crippen LogP contribution in [-0.4, -0.2) is 72.2 Å². The van der Waals surface area contributed by atoms with Crippen LogP contribution in [0.4, 0.5) is 37.7 Å². The number of hydrogen-bond acceptors (Lipinski definition) is 12. The van der Waals surface area contributed by atoms with E-state index in [0.717, 1.165) is 12.1 Å². The number of hydrogen-bond donors (Lipinski definition) is 0. The number of alkyl halides is 6. The minimum Gasteiger partial charge on any atom is -0.486 e. The molecule has 4 atom stereocenters. The Labute approximate surface area is 347 Å². The molecule has 4 unspecified atom stereocenters. The lowest BCUT2D eigenvalue weighted by Gasteiger charge is -2.30. The first-order chi connectivity index (χ1) is 27.9. The highest BCUT2D eigenvalue weighted by molar-refractivity contribution is 6.31. The van der Waals surface area contributed by atoms with Crippen LogP contribution in [-0.2, 0) is 31.4 Å². The van der Waals surface area contributed by atoms with E-state index in [-0.39, 0.29) is 12.8 Å². The first-order valence-corrected chi connectivity index (χ1v) is 18.0. The minimum atomic E-state index is -5.12. The Hall–Kier alpha value is -5.70. The third-order valence-electron chi connectivity index (χ3n) is 8.62. The first-order valence-electron chi connectivity index (χ1n) is 17.2. The first kappa shape index (κ1) is 47.0. The summed E-state index contributed by atoms with van der Waals surface area (Å²) < 4.78 is 105. The predicted molar refractivity (Wildman–Crippen MR) is 202 cm³/mol. The highest BCUT2D eigenvalue weighted by Crippen LogP contribution is 2.41. The maximum absolute atomic E-state index is 13.8. The number of ether oxygens (including phenoxy) is 4. The molecule has 60 heavy (non-hydrogen) atoms. The summed E-state index contributed by atoms with van der Waals surface area (Å²) >= 11 is 12.1.